The van der Waals surface area contributed by atoms with Crippen LogP contribution in [-0.2, 0) is 4.74 Å². The minimum Gasteiger partial charge on any atom is -0.441 e. The summed E-state index contributed by atoms with van der Waals surface area (Å²) in [6.07, 6.45) is 10.1. The van der Waals surface area contributed by atoms with E-state index in [-0.39, 0.29) is 18.0 Å². The van der Waals surface area contributed by atoms with Crippen molar-refractivity contribution >= 4 is 40.5 Å². The molecule has 11 heteroatoms. The van der Waals surface area contributed by atoms with Crippen molar-refractivity contribution in [3.05, 3.63) is 36.3 Å². The number of fused-ring (bicyclic) bond motifs is 1. The largest absolute Gasteiger partial charge is 0.441 e. The first-order valence-electron chi connectivity index (χ1n) is 13.5. The Balaban J connectivity index is 1.23. The van der Waals surface area contributed by atoms with Crippen molar-refractivity contribution in [3.63, 3.8) is 0 Å². The number of rotatable bonds is 5. The number of nitrogens with one attached hydrogen (secondary N) is 2. The second-order valence-electron chi connectivity index (χ2n) is 10.8. The molecular formula is C27H34N8O3. The summed E-state index contributed by atoms with van der Waals surface area (Å²) in [4.78, 5) is 42.7. The number of aromatic nitrogens is 4. The number of pyridine rings is 1. The smallest absolute Gasteiger partial charge is 0.415 e. The standard InChI is InChI=1S/C27H34N8O3/c1-33(2)24(36)21-14-18-15-30-25(32-23(18)35(21)19-6-3-4-7-19)31-22-9-8-20(16-29-22)34-17-27(38-26(34)37)10-5-12-28-13-11-27/h8-9,14-16,19,28H,3-7,10-13,17H2,1-2H3,(H,29,30,31,32)/t27-/m1/s1. The highest BCUT2D eigenvalue weighted by Gasteiger charge is 2.45. The molecule has 1 atom stereocenters. The average Bonchev–Trinajstić information content (AvgIpc) is 3.59. The third kappa shape index (κ3) is 4.55. The van der Waals surface area contributed by atoms with E-state index in [0.29, 0.717) is 29.7 Å². The van der Waals surface area contributed by atoms with Gasteiger partial charge in [0.15, 0.2) is 0 Å². The molecule has 38 heavy (non-hydrogen) atoms. The van der Waals surface area contributed by atoms with Gasteiger partial charge in [-0.1, -0.05) is 12.8 Å². The summed E-state index contributed by atoms with van der Waals surface area (Å²) >= 11 is 0. The van der Waals surface area contributed by atoms with Gasteiger partial charge in [0.25, 0.3) is 5.91 Å². The van der Waals surface area contributed by atoms with Gasteiger partial charge >= 0.3 is 6.09 Å². The van der Waals surface area contributed by atoms with Crippen molar-refractivity contribution in [2.24, 2.45) is 0 Å². The van der Waals surface area contributed by atoms with E-state index in [1.165, 1.54) is 0 Å². The first-order chi connectivity index (χ1) is 18.4. The highest BCUT2D eigenvalue weighted by Crippen LogP contribution is 2.36. The van der Waals surface area contributed by atoms with E-state index in [1.807, 2.05) is 18.2 Å². The Hall–Kier alpha value is -3.73. The molecule has 5 heterocycles. The third-order valence-electron chi connectivity index (χ3n) is 7.90. The van der Waals surface area contributed by atoms with Crippen LogP contribution in [0.3, 0.4) is 0 Å². The van der Waals surface area contributed by atoms with Gasteiger partial charge in [0.05, 0.1) is 18.4 Å². The quantitative estimate of drug-likeness (QED) is 0.523. The number of hydrogen-bond acceptors (Lipinski definition) is 8. The first-order valence-corrected chi connectivity index (χ1v) is 13.5. The van der Waals surface area contributed by atoms with E-state index in [9.17, 15) is 9.59 Å². The average molecular weight is 519 g/mol. The van der Waals surface area contributed by atoms with Gasteiger partial charge in [-0.05, 0) is 57.0 Å². The van der Waals surface area contributed by atoms with Crippen molar-refractivity contribution in [1.29, 1.82) is 0 Å². The zero-order valence-electron chi connectivity index (χ0n) is 21.9. The van der Waals surface area contributed by atoms with E-state index < -0.39 is 5.60 Å². The molecule has 6 rings (SSSR count). The highest BCUT2D eigenvalue weighted by molar-refractivity contribution is 5.98. The van der Waals surface area contributed by atoms with Gasteiger partial charge in [-0.15, -0.1) is 0 Å². The lowest BCUT2D eigenvalue weighted by atomic mass is 9.95. The summed E-state index contributed by atoms with van der Waals surface area (Å²) in [6.45, 7) is 2.34. The van der Waals surface area contributed by atoms with E-state index in [4.69, 9.17) is 9.72 Å². The normalized spacial score (nSPS) is 22.2. The first kappa shape index (κ1) is 24.6. The molecule has 3 fully saturated rings. The van der Waals surface area contributed by atoms with Crippen LogP contribution in [0.5, 0.6) is 0 Å². The zero-order valence-corrected chi connectivity index (χ0v) is 21.9. The fourth-order valence-electron chi connectivity index (χ4n) is 5.91. The molecule has 3 aromatic heterocycles. The summed E-state index contributed by atoms with van der Waals surface area (Å²) in [5, 5.41) is 7.40. The molecule has 2 N–H and O–H groups in total. The number of anilines is 3. The molecule has 0 unspecified atom stereocenters. The predicted molar refractivity (Wildman–Crippen MR) is 144 cm³/mol. The van der Waals surface area contributed by atoms with Gasteiger partial charge < -0.3 is 24.8 Å². The van der Waals surface area contributed by atoms with Crippen LogP contribution >= 0.6 is 0 Å². The lowest BCUT2D eigenvalue weighted by Gasteiger charge is -2.24. The van der Waals surface area contributed by atoms with Crippen LogP contribution in [-0.4, -0.2) is 75.8 Å². The van der Waals surface area contributed by atoms with Crippen LogP contribution < -0.4 is 15.5 Å². The molecular weight excluding hydrogens is 484 g/mol. The van der Waals surface area contributed by atoms with Crippen molar-refractivity contribution in [2.75, 3.05) is 43.9 Å². The van der Waals surface area contributed by atoms with Gasteiger partial charge in [-0.25, -0.2) is 14.8 Å². The number of carbonyl (C=O) groups is 2. The van der Waals surface area contributed by atoms with Crippen molar-refractivity contribution in [2.45, 2.75) is 56.6 Å². The Labute approximate surface area is 221 Å². The highest BCUT2D eigenvalue weighted by atomic mass is 16.6. The SMILES string of the molecule is CN(C)C(=O)c1cc2cnc(Nc3ccc(N4C[C@]5(CCCNCC5)OC4=O)cn3)nc2n1C1CCCC1. The monoisotopic (exact) mass is 518 g/mol. The Morgan fingerprint density at radius 3 is 2.74 bits per heavy atom. The molecule has 1 spiro atoms. The molecule has 1 saturated carbocycles. The minimum absolute atomic E-state index is 0.0380. The number of amides is 2. The van der Waals surface area contributed by atoms with Gasteiger partial charge in [-0.3, -0.25) is 9.69 Å². The van der Waals surface area contributed by atoms with Crippen LogP contribution in [0.25, 0.3) is 11.0 Å². The van der Waals surface area contributed by atoms with Gasteiger partial charge in [0.2, 0.25) is 5.95 Å². The molecule has 0 aromatic carbocycles. The Kier molecular flexibility index (Phi) is 6.38. The van der Waals surface area contributed by atoms with E-state index in [2.05, 4.69) is 25.2 Å². The second kappa shape index (κ2) is 9.86. The fourth-order valence-corrected chi connectivity index (χ4v) is 5.91. The molecule has 200 valence electrons. The van der Waals surface area contributed by atoms with Gasteiger partial charge in [0.1, 0.15) is 22.8 Å². The Morgan fingerprint density at radius 1 is 1.13 bits per heavy atom. The molecule has 3 aromatic rings. The maximum Gasteiger partial charge on any atom is 0.415 e. The number of nitrogens with zero attached hydrogens (tertiary/aromatic N) is 6. The minimum atomic E-state index is -0.429. The molecule has 3 aliphatic rings. The molecule has 0 bridgehead atoms. The maximum atomic E-state index is 12.9. The lowest BCUT2D eigenvalue weighted by Crippen LogP contribution is -2.35. The molecule has 0 radical (unpaired) electrons. The summed E-state index contributed by atoms with van der Waals surface area (Å²) in [7, 11) is 3.53. The summed E-state index contributed by atoms with van der Waals surface area (Å²) in [5.74, 6) is 0.936. The molecule has 1 aliphatic carbocycles. The van der Waals surface area contributed by atoms with Crippen LogP contribution in [0.1, 0.15) is 61.5 Å². The predicted octanol–water partition coefficient (Wildman–Crippen LogP) is 3.86. The van der Waals surface area contributed by atoms with Crippen LogP contribution in [0.2, 0.25) is 0 Å². The number of carbonyl (C=O) groups excluding carboxylic acids is 2. The summed E-state index contributed by atoms with van der Waals surface area (Å²) < 4.78 is 7.93. The number of hydrogen-bond donors (Lipinski definition) is 2. The van der Waals surface area contributed by atoms with Crippen LogP contribution in [0.15, 0.2) is 30.6 Å². The Bertz CT molecular complexity index is 1340. The summed E-state index contributed by atoms with van der Waals surface area (Å²) in [6, 6.07) is 5.81. The van der Waals surface area contributed by atoms with Gasteiger partial charge in [-0.2, -0.15) is 4.98 Å². The van der Waals surface area contributed by atoms with E-state index in [1.54, 1.807) is 36.3 Å². The summed E-state index contributed by atoms with van der Waals surface area (Å²) in [5.41, 5.74) is 1.67. The maximum absolute atomic E-state index is 12.9. The molecule has 2 amide bonds. The molecule has 2 aliphatic heterocycles. The Morgan fingerprint density at radius 2 is 1.97 bits per heavy atom. The van der Waals surface area contributed by atoms with Crippen molar-refractivity contribution in [3.8, 4) is 0 Å². The van der Waals surface area contributed by atoms with Gasteiger partial charge in [0, 0.05) is 38.1 Å². The zero-order chi connectivity index (χ0) is 26.3. The molecule has 11 nitrogen and oxygen atoms in total. The number of ether oxygens (including phenoxy) is 1. The third-order valence-corrected chi connectivity index (χ3v) is 7.90. The fraction of sp³-hybridized carbons (Fsp3) is 0.519. The van der Waals surface area contributed by atoms with Crippen molar-refractivity contribution < 1.29 is 14.3 Å². The van der Waals surface area contributed by atoms with E-state index in [0.717, 1.165) is 69.1 Å². The second-order valence-corrected chi connectivity index (χ2v) is 10.8. The molecule has 2 saturated heterocycles. The van der Waals surface area contributed by atoms with Crippen LogP contribution in [0.4, 0.5) is 22.2 Å². The van der Waals surface area contributed by atoms with E-state index >= 15 is 0 Å². The van der Waals surface area contributed by atoms with Crippen molar-refractivity contribution in [1.82, 2.24) is 29.7 Å². The van der Waals surface area contributed by atoms with Crippen LogP contribution in [0, 0.1) is 0 Å². The lowest BCUT2D eigenvalue weighted by molar-refractivity contribution is 0.0470. The topological polar surface area (TPSA) is 118 Å².